The van der Waals surface area contributed by atoms with Gasteiger partial charge in [-0.25, -0.2) is 0 Å². The number of piperazine rings is 1. The van der Waals surface area contributed by atoms with Crippen LogP contribution in [0.15, 0.2) is 48.5 Å². The average Bonchev–Trinajstić information content (AvgIpc) is 3.33. The minimum atomic E-state index is -0.114. The average molecular weight is 458 g/mol. The smallest absolute Gasteiger partial charge is 0.253 e. The van der Waals surface area contributed by atoms with Crippen LogP contribution < -0.4 is 10.1 Å². The molecular formula is C24H28ClN3O4. The van der Waals surface area contributed by atoms with Crippen LogP contribution in [0.25, 0.3) is 0 Å². The number of ether oxygens (including phenoxy) is 2. The standard InChI is InChI=1S/C24H28ClN3O4/c25-21-5-1-2-6-22(21)26-23(29)16-27-11-13-28(14-12-27)24(30)18-7-9-19(10-8-18)32-17-20-4-3-15-31-20/h1-2,5-10,20H,3-4,11-17H2,(H,26,29)/t20-/m0/s1. The fourth-order valence-corrected chi connectivity index (χ4v) is 4.09. The van der Waals surface area contributed by atoms with Crippen molar-refractivity contribution in [3.63, 3.8) is 0 Å². The summed E-state index contributed by atoms with van der Waals surface area (Å²) in [7, 11) is 0. The minimum absolute atomic E-state index is 0.00385. The van der Waals surface area contributed by atoms with Crippen molar-refractivity contribution in [3.05, 3.63) is 59.1 Å². The summed E-state index contributed by atoms with van der Waals surface area (Å²) in [6.45, 7) is 4.06. The van der Waals surface area contributed by atoms with Gasteiger partial charge in [-0.3, -0.25) is 14.5 Å². The minimum Gasteiger partial charge on any atom is -0.491 e. The highest BCUT2D eigenvalue weighted by Gasteiger charge is 2.23. The molecule has 2 saturated heterocycles. The normalized spacial score (nSPS) is 19.0. The van der Waals surface area contributed by atoms with Crippen LogP contribution in [0.5, 0.6) is 5.75 Å². The number of para-hydroxylation sites is 1. The highest BCUT2D eigenvalue weighted by molar-refractivity contribution is 6.33. The Bertz CT molecular complexity index is 923. The Balaban J connectivity index is 1.21. The highest BCUT2D eigenvalue weighted by Crippen LogP contribution is 2.21. The SMILES string of the molecule is O=C(CN1CCN(C(=O)c2ccc(OC[C@@H]3CCCO3)cc2)CC1)Nc1ccccc1Cl. The summed E-state index contributed by atoms with van der Waals surface area (Å²) in [6.07, 6.45) is 2.28. The van der Waals surface area contributed by atoms with Gasteiger partial charge in [0.05, 0.1) is 23.4 Å². The van der Waals surface area contributed by atoms with E-state index in [1.54, 1.807) is 24.3 Å². The summed E-state index contributed by atoms with van der Waals surface area (Å²) in [5, 5.41) is 3.35. The number of benzene rings is 2. The van der Waals surface area contributed by atoms with Gasteiger partial charge < -0.3 is 19.7 Å². The molecule has 0 saturated carbocycles. The van der Waals surface area contributed by atoms with Gasteiger partial charge in [-0.1, -0.05) is 23.7 Å². The van der Waals surface area contributed by atoms with Crippen LogP contribution in [-0.4, -0.2) is 73.7 Å². The largest absolute Gasteiger partial charge is 0.491 e. The van der Waals surface area contributed by atoms with Crippen LogP contribution in [0.4, 0.5) is 5.69 Å². The van der Waals surface area contributed by atoms with E-state index in [-0.39, 0.29) is 24.5 Å². The first-order chi connectivity index (χ1) is 15.6. The van der Waals surface area contributed by atoms with Crippen molar-refractivity contribution in [1.29, 1.82) is 0 Å². The lowest BCUT2D eigenvalue weighted by molar-refractivity contribution is -0.117. The molecule has 0 spiro atoms. The maximum Gasteiger partial charge on any atom is 0.253 e. The number of hydrogen-bond acceptors (Lipinski definition) is 5. The number of carbonyl (C=O) groups excluding carboxylic acids is 2. The molecule has 2 aliphatic rings. The predicted octanol–water partition coefficient (Wildman–Crippen LogP) is 3.29. The molecule has 0 unspecified atom stereocenters. The quantitative estimate of drug-likeness (QED) is 0.690. The molecule has 4 rings (SSSR count). The molecule has 8 heteroatoms. The Morgan fingerprint density at radius 3 is 2.50 bits per heavy atom. The second kappa shape index (κ2) is 10.8. The zero-order valence-electron chi connectivity index (χ0n) is 18.0. The second-order valence-electron chi connectivity index (χ2n) is 8.07. The van der Waals surface area contributed by atoms with Crippen LogP contribution in [0.2, 0.25) is 5.02 Å². The van der Waals surface area contributed by atoms with Gasteiger partial charge in [0.25, 0.3) is 5.91 Å². The number of rotatable bonds is 7. The van der Waals surface area contributed by atoms with E-state index in [2.05, 4.69) is 5.32 Å². The van der Waals surface area contributed by atoms with Gasteiger partial charge in [0.2, 0.25) is 5.91 Å². The molecule has 2 heterocycles. The first-order valence-electron chi connectivity index (χ1n) is 11.0. The molecule has 1 N–H and O–H groups in total. The third-order valence-electron chi connectivity index (χ3n) is 5.74. The predicted molar refractivity (Wildman–Crippen MR) is 123 cm³/mol. The van der Waals surface area contributed by atoms with Crippen molar-refractivity contribution in [3.8, 4) is 5.75 Å². The number of amides is 2. The number of nitrogens with zero attached hydrogens (tertiary/aromatic N) is 2. The molecule has 1 atom stereocenters. The number of nitrogens with one attached hydrogen (secondary N) is 1. The van der Waals surface area contributed by atoms with E-state index in [0.29, 0.717) is 49.1 Å². The van der Waals surface area contributed by atoms with Crippen LogP contribution in [-0.2, 0) is 9.53 Å². The molecule has 2 aliphatic heterocycles. The van der Waals surface area contributed by atoms with E-state index in [1.165, 1.54) is 0 Å². The van der Waals surface area contributed by atoms with Gasteiger partial charge in [0, 0.05) is 38.3 Å². The van der Waals surface area contributed by atoms with Crippen LogP contribution >= 0.6 is 11.6 Å². The number of hydrogen-bond donors (Lipinski definition) is 1. The fraction of sp³-hybridized carbons (Fsp3) is 0.417. The van der Waals surface area contributed by atoms with Gasteiger partial charge in [-0.05, 0) is 49.2 Å². The summed E-state index contributed by atoms with van der Waals surface area (Å²) in [4.78, 5) is 29.0. The topological polar surface area (TPSA) is 71.1 Å². The second-order valence-corrected chi connectivity index (χ2v) is 8.47. The van der Waals surface area contributed by atoms with Crippen molar-refractivity contribution in [2.24, 2.45) is 0 Å². The van der Waals surface area contributed by atoms with Crippen molar-refractivity contribution < 1.29 is 19.1 Å². The maximum atomic E-state index is 12.8. The Morgan fingerprint density at radius 1 is 1.06 bits per heavy atom. The molecule has 7 nitrogen and oxygen atoms in total. The molecule has 0 bridgehead atoms. The molecule has 0 radical (unpaired) electrons. The summed E-state index contributed by atoms with van der Waals surface area (Å²) >= 11 is 6.09. The van der Waals surface area contributed by atoms with E-state index in [0.717, 1.165) is 25.2 Å². The molecule has 32 heavy (non-hydrogen) atoms. The number of carbonyl (C=O) groups is 2. The van der Waals surface area contributed by atoms with Gasteiger partial charge in [-0.2, -0.15) is 0 Å². The third kappa shape index (κ3) is 6.00. The first-order valence-corrected chi connectivity index (χ1v) is 11.4. The Kier molecular flexibility index (Phi) is 7.63. The van der Waals surface area contributed by atoms with Crippen molar-refractivity contribution in [2.45, 2.75) is 18.9 Å². The van der Waals surface area contributed by atoms with E-state index in [4.69, 9.17) is 21.1 Å². The van der Waals surface area contributed by atoms with Crippen LogP contribution in [0.1, 0.15) is 23.2 Å². The molecule has 2 amide bonds. The molecule has 0 aromatic heterocycles. The lowest BCUT2D eigenvalue weighted by atomic mass is 10.1. The maximum absolute atomic E-state index is 12.8. The third-order valence-corrected chi connectivity index (χ3v) is 6.07. The lowest BCUT2D eigenvalue weighted by Crippen LogP contribution is -2.50. The lowest BCUT2D eigenvalue weighted by Gasteiger charge is -2.34. The summed E-state index contributed by atoms with van der Waals surface area (Å²) < 4.78 is 11.3. The number of anilines is 1. The van der Waals surface area contributed by atoms with Crippen molar-refractivity contribution >= 4 is 29.1 Å². The first kappa shape index (κ1) is 22.6. The van der Waals surface area contributed by atoms with Gasteiger partial charge in [0.15, 0.2) is 0 Å². The van der Waals surface area contributed by atoms with Crippen molar-refractivity contribution in [1.82, 2.24) is 9.80 Å². The zero-order chi connectivity index (χ0) is 22.3. The molecule has 2 aromatic rings. The van der Waals surface area contributed by atoms with E-state index >= 15 is 0 Å². The van der Waals surface area contributed by atoms with E-state index in [9.17, 15) is 9.59 Å². The Labute approximate surface area is 193 Å². The molecule has 0 aliphatic carbocycles. The molecule has 170 valence electrons. The fourth-order valence-electron chi connectivity index (χ4n) is 3.91. The van der Waals surface area contributed by atoms with Crippen LogP contribution in [0.3, 0.4) is 0 Å². The number of halogens is 1. The summed E-state index contributed by atoms with van der Waals surface area (Å²) in [5.74, 6) is 0.624. The summed E-state index contributed by atoms with van der Waals surface area (Å²) in [5.41, 5.74) is 1.25. The van der Waals surface area contributed by atoms with E-state index in [1.807, 2.05) is 34.1 Å². The van der Waals surface area contributed by atoms with Gasteiger partial charge >= 0.3 is 0 Å². The van der Waals surface area contributed by atoms with Crippen LogP contribution in [0, 0.1) is 0 Å². The highest BCUT2D eigenvalue weighted by atomic mass is 35.5. The Morgan fingerprint density at radius 2 is 1.81 bits per heavy atom. The summed E-state index contributed by atoms with van der Waals surface area (Å²) in [6, 6.07) is 14.4. The monoisotopic (exact) mass is 457 g/mol. The Hall–Kier alpha value is -2.61. The van der Waals surface area contributed by atoms with Crippen molar-refractivity contribution in [2.75, 3.05) is 51.3 Å². The van der Waals surface area contributed by atoms with Gasteiger partial charge in [0.1, 0.15) is 12.4 Å². The zero-order valence-corrected chi connectivity index (χ0v) is 18.7. The molecule has 2 fully saturated rings. The molecular weight excluding hydrogens is 430 g/mol. The van der Waals surface area contributed by atoms with E-state index < -0.39 is 0 Å². The molecule has 2 aromatic carbocycles. The van der Waals surface area contributed by atoms with Gasteiger partial charge in [-0.15, -0.1) is 0 Å².